The van der Waals surface area contributed by atoms with Crippen LogP contribution in [0.3, 0.4) is 0 Å². The quantitative estimate of drug-likeness (QED) is 0.327. The summed E-state index contributed by atoms with van der Waals surface area (Å²) in [6.45, 7) is 4.72. The van der Waals surface area contributed by atoms with Crippen molar-refractivity contribution in [2.75, 3.05) is 36.0 Å². The lowest BCUT2D eigenvalue weighted by Gasteiger charge is -2.40. The van der Waals surface area contributed by atoms with Crippen molar-refractivity contribution < 1.29 is 0 Å². The molecule has 2 fully saturated rings. The lowest BCUT2D eigenvalue weighted by atomic mass is 10.3. The van der Waals surface area contributed by atoms with Crippen LogP contribution in [-0.2, 0) is 0 Å². The standard InChI is InChI=1S/C32H32N2SSi/c1-3-11-27(12-4-1)36(28-13-5-2-6-14-28)31-17-15-25(33-19-7-8-20-33)23-29(31)35-30-24-26(16-18-32(30)36)34-21-9-10-22-34/h1-6,11-18,23-24H,7-10,19-22H2. The topological polar surface area (TPSA) is 6.48 Å². The highest BCUT2D eigenvalue weighted by Gasteiger charge is 2.47. The molecule has 0 aliphatic carbocycles. The maximum absolute atomic E-state index is 2.57. The molecule has 3 aliphatic rings. The molecule has 4 heteroatoms. The Morgan fingerprint density at radius 2 is 0.917 bits per heavy atom. The van der Waals surface area contributed by atoms with E-state index in [1.165, 1.54) is 93.8 Å². The summed E-state index contributed by atoms with van der Waals surface area (Å²) in [5, 5.41) is 6.02. The van der Waals surface area contributed by atoms with Crippen LogP contribution in [0.15, 0.2) is 107 Å². The van der Waals surface area contributed by atoms with Crippen LogP contribution in [0, 0.1) is 0 Å². The van der Waals surface area contributed by atoms with Crippen molar-refractivity contribution in [2.45, 2.75) is 35.5 Å². The molecule has 0 radical (unpaired) electrons. The third kappa shape index (κ3) is 3.53. The van der Waals surface area contributed by atoms with Gasteiger partial charge in [0, 0.05) is 47.3 Å². The normalized spacial score (nSPS) is 18.2. The van der Waals surface area contributed by atoms with Gasteiger partial charge in [0.25, 0.3) is 0 Å². The maximum atomic E-state index is 2.57. The van der Waals surface area contributed by atoms with Gasteiger partial charge in [0.2, 0.25) is 0 Å². The van der Waals surface area contributed by atoms with Gasteiger partial charge >= 0.3 is 0 Å². The second-order valence-electron chi connectivity index (χ2n) is 10.3. The summed E-state index contributed by atoms with van der Waals surface area (Å²) in [5.74, 6) is 0. The molecule has 4 aromatic rings. The van der Waals surface area contributed by atoms with E-state index in [1.54, 1.807) is 0 Å². The average molecular weight is 505 g/mol. The first-order chi connectivity index (χ1) is 17.8. The monoisotopic (exact) mass is 504 g/mol. The number of anilines is 2. The molecule has 0 N–H and O–H groups in total. The predicted octanol–water partition coefficient (Wildman–Crippen LogP) is 4.73. The van der Waals surface area contributed by atoms with Crippen LogP contribution in [0.25, 0.3) is 0 Å². The van der Waals surface area contributed by atoms with Gasteiger partial charge in [-0.2, -0.15) is 0 Å². The number of rotatable bonds is 4. The first-order valence-corrected chi connectivity index (χ1v) is 16.2. The molecule has 4 aromatic carbocycles. The van der Waals surface area contributed by atoms with Crippen molar-refractivity contribution >= 4 is 52.0 Å². The molecule has 7 rings (SSSR count). The molecule has 2 nitrogen and oxygen atoms in total. The fourth-order valence-corrected chi connectivity index (χ4v) is 13.6. The van der Waals surface area contributed by atoms with Gasteiger partial charge in [-0.25, -0.2) is 0 Å². The third-order valence-corrected chi connectivity index (χ3v) is 14.7. The molecule has 0 spiro atoms. The van der Waals surface area contributed by atoms with Crippen LogP contribution in [-0.4, -0.2) is 34.3 Å². The van der Waals surface area contributed by atoms with Gasteiger partial charge in [0.15, 0.2) is 8.07 Å². The van der Waals surface area contributed by atoms with Crippen molar-refractivity contribution in [3.63, 3.8) is 0 Å². The minimum Gasteiger partial charge on any atom is -0.372 e. The Morgan fingerprint density at radius 3 is 1.33 bits per heavy atom. The molecule has 0 aromatic heterocycles. The zero-order valence-corrected chi connectivity index (χ0v) is 22.5. The third-order valence-electron chi connectivity index (χ3n) is 8.31. The number of benzene rings is 4. The number of hydrogen-bond acceptors (Lipinski definition) is 3. The largest absolute Gasteiger partial charge is 0.372 e. The predicted molar refractivity (Wildman–Crippen MR) is 157 cm³/mol. The van der Waals surface area contributed by atoms with Crippen LogP contribution in [0.1, 0.15) is 25.7 Å². The van der Waals surface area contributed by atoms with Crippen molar-refractivity contribution in [1.29, 1.82) is 0 Å². The fourth-order valence-electron chi connectivity index (χ4n) is 6.58. The number of hydrogen-bond donors (Lipinski definition) is 0. The molecule has 3 heterocycles. The lowest BCUT2D eigenvalue weighted by molar-refractivity contribution is 0.949. The van der Waals surface area contributed by atoms with E-state index in [4.69, 9.17) is 0 Å². The van der Waals surface area contributed by atoms with Gasteiger partial charge in [0.1, 0.15) is 0 Å². The van der Waals surface area contributed by atoms with Crippen molar-refractivity contribution in [3.8, 4) is 0 Å². The van der Waals surface area contributed by atoms with Gasteiger partial charge in [-0.3, -0.25) is 0 Å². The minimum absolute atomic E-state index is 1.18. The average Bonchev–Trinajstić information content (AvgIpc) is 3.67. The Bertz CT molecular complexity index is 1270. The van der Waals surface area contributed by atoms with Gasteiger partial charge in [-0.1, -0.05) is 84.6 Å². The summed E-state index contributed by atoms with van der Waals surface area (Å²) in [7, 11) is -2.46. The first-order valence-electron chi connectivity index (χ1n) is 13.4. The summed E-state index contributed by atoms with van der Waals surface area (Å²) in [5.41, 5.74) is 2.78. The molecule has 0 unspecified atom stereocenters. The van der Waals surface area contributed by atoms with Crippen LogP contribution in [0.4, 0.5) is 11.4 Å². The van der Waals surface area contributed by atoms with Gasteiger partial charge in [0.05, 0.1) is 0 Å². The van der Waals surface area contributed by atoms with Crippen molar-refractivity contribution in [3.05, 3.63) is 97.1 Å². The Hall–Kier alpha value is -2.95. The van der Waals surface area contributed by atoms with Crippen LogP contribution < -0.4 is 30.5 Å². The summed E-state index contributed by atoms with van der Waals surface area (Å²) in [6, 6.07) is 37.5. The van der Waals surface area contributed by atoms with Crippen LogP contribution in [0.2, 0.25) is 0 Å². The van der Waals surface area contributed by atoms with E-state index in [0.29, 0.717) is 0 Å². The van der Waals surface area contributed by atoms with E-state index in [9.17, 15) is 0 Å². The van der Waals surface area contributed by atoms with E-state index in [0.717, 1.165) is 0 Å². The second kappa shape index (κ2) is 9.17. The highest BCUT2D eigenvalue weighted by atomic mass is 32.2. The molecule has 180 valence electrons. The Balaban J connectivity index is 1.50. The van der Waals surface area contributed by atoms with Crippen LogP contribution in [0.5, 0.6) is 0 Å². The Morgan fingerprint density at radius 1 is 0.500 bits per heavy atom. The summed E-state index contributed by atoms with van der Waals surface area (Å²) in [6.07, 6.45) is 5.22. The molecule has 3 aliphatic heterocycles. The van der Waals surface area contributed by atoms with E-state index >= 15 is 0 Å². The summed E-state index contributed by atoms with van der Waals surface area (Å²) >= 11 is 2.00. The van der Waals surface area contributed by atoms with E-state index < -0.39 is 8.07 Å². The molecule has 2 saturated heterocycles. The summed E-state index contributed by atoms with van der Waals surface area (Å²) < 4.78 is 0. The fraction of sp³-hybridized carbons (Fsp3) is 0.250. The van der Waals surface area contributed by atoms with Crippen LogP contribution >= 0.6 is 11.8 Å². The highest BCUT2D eigenvalue weighted by molar-refractivity contribution is 8.00. The Labute approximate surface area is 220 Å². The zero-order valence-electron chi connectivity index (χ0n) is 20.7. The van der Waals surface area contributed by atoms with E-state index in [-0.39, 0.29) is 0 Å². The maximum Gasteiger partial charge on any atom is 0.181 e. The van der Waals surface area contributed by atoms with Gasteiger partial charge < -0.3 is 9.80 Å². The molecular weight excluding hydrogens is 473 g/mol. The van der Waals surface area contributed by atoms with Crippen molar-refractivity contribution in [2.24, 2.45) is 0 Å². The molecule has 0 atom stereocenters. The van der Waals surface area contributed by atoms with Gasteiger partial charge in [-0.05, 0) is 70.7 Å². The first kappa shape index (κ1) is 22.3. The van der Waals surface area contributed by atoms with Crippen molar-refractivity contribution in [1.82, 2.24) is 0 Å². The molecule has 0 amide bonds. The number of nitrogens with zero attached hydrogens (tertiary/aromatic N) is 2. The highest BCUT2D eigenvalue weighted by Crippen LogP contribution is 2.38. The SMILES string of the molecule is c1ccc([Si]2(c3ccccc3)c3ccc(N4CCCC4)cc3Sc3cc(N4CCCC4)ccc32)cc1. The lowest BCUT2D eigenvalue weighted by Crippen LogP contribution is -2.76. The second-order valence-corrected chi connectivity index (χ2v) is 15.1. The van der Waals surface area contributed by atoms with E-state index in [1.807, 2.05) is 11.8 Å². The smallest absolute Gasteiger partial charge is 0.181 e. The van der Waals surface area contributed by atoms with Gasteiger partial charge in [-0.15, -0.1) is 0 Å². The summed E-state index contributed by atoms with van der Waals surface area (Å²) in [4.78, 5) is 8.05. The molecule has 0 saturated carbocycles. The molecular formula is C32H32N2SSi. The number of fused-ring (bicyclic) bond motifs is 2. The minimum atomic E-state index is -2.46. The molecule has 36 heavy (non-hydrogen) atoms. The Kier molecular flexibility index (Phi) is 5.67. The molecule has 0 bridgehead atoms. The van der Waals surface area contributed by atoms with E-state index in [2.05, 4.69) is 107 Å². The zero-order chi connectivity index (χ0) is 24.0.